The summed E-state index contributed by atoms with van der Waals surface area (Å²) in [5.74, 6) is -0.378. The number of carbonyl (C=O) groups is 2. The van der Waals surface area contributed by atoms with Gasteiger partial charge in [0.2, 0.25) is 0 Å². The van der Waals surface area contributed by atoms with E-state index in [1.165, 1.54) is 70.6 Å². The normalized spacial score (nSPS) is 12.0. The smallest absolute Gasteiger partial charge is 0.306 e. The van der Waals surface area contributed by atoms with Crippen LogP contribution in [0, 0.1) is 0 Å². The lowest BCUT2D eigenvalue weighted by Gasteiger charge is -2.15. The number of carbonyl (C=O) groups excluding carboxylic acids is 2. The van der Waals surface area contributed by atoms with Crippen molar-refractivity contribution in [2.24, 2.45) is 0 Å². The van der Waals surface area contributed by atoms with Crippen LogP contribution in [0.1, 0.15) is 149 Å². The van der Waals surface area contributed by atoms with Gasteiger partial charge < -0.3 is 9.47 Å². The fourth-order valence-electron chi connectivity index (χ4n) is 3.78. The summed E-state index contributed by atoms with van der Waals surface area (Å²) in [5.41, 5.74) is 0. The lowest BCUT2D eigenvalue weighted by molar-refractivity contribution is -0.150. The molecule has 0 aliphatic rings. The van der Waals surface area contributed by atoms with Crippen molar-refractivity contribution in [2.75, 3.05) is 6.61 Å². The van der Waals surface area contributed by atoms with Crippen molar-refractivity contribution in [3.63, 3.8) is 0 Å². The van der Waals surface area contributed by atoms with E-state index in [1.807, 2.05) is 6.92 Å². The first kappa shape index (κ1) is 29.9. The maximum absolute atomic E-state index is 11.9. The maximum atomic E-state index is 11.9. The molecular formula is C27H52O4. The van der Waals surface area contributed by atoms with Gasteiger partial charge in [0.1, 0.15) is 6.10 Å². The molecule has 1 atom stereocenters. The standard InChI is InChI=1S/C27H52O4/c1-4-7-9-10-11-12-13-14-15-16-17-18-19-24-30-26(28)22-20-23-27(29)31-25(6-3)21-8-5-2/h25H,4-24H2,1-3H3. The van der Waals surface area contributed by atoms with Crippen LogP contribution in [0.25, 0.3) is 0 Å². The molecule has 0 spiro atoms. The van der Waals surface area contributed by atoms with Crippen LogP contribution in [-0.4, -0.2) is 24.6 Å². The lowest BCUT2D eigenvalue weighted by Crippen LogP contribution is -2.17. The number of hydrogen-bond acceptors (Lipinski definition) is 4. The minimum Gasteiger partial charge on any atom is -0.466 e. The summed E-state index contributed by atoms with van der Waals surface area (Å²) in [6, 6.07) is 0. The molecule has 0 rings (SSSR count). The van der Waals surface area contributed by atoms with Crippen LogP contribution in [0.5, 0.6) is 0 Å². The molecule has 0 saturated heterocycles. The Hall–Kier alpha value is -1.06. The summed E-state index contributed by atoms with van der Waals surface area (Å²) in [4.78, 5) is 23.7. The molecule has 0 N–H and O–H groups in total. The van der Waals surface area contributed by atoms with Crippen LogP contribution in [-0.2, 0) is 19.1 Å². The number of unbranched alkanes of at least 4 members (excludes halogenated alkanes) is 13. The summed E-state index contributed by atoms with van der Waals surface area (Å²) >= 11 is 0. The minimum absolute atomic E-state index is 0.0231. The van der Waals surface area contributed by atoms with Crippen LogP contribution in [0.2, 0.25) is 0 Å². The van der Waals surface area contributed by atoms with Crippen molar-refractivity contribution in [1.82, 2.24) is 0 Å². The van der Waals surface area contributed by atoms with E-state index in [9.17, 15) is 9.59 Å². The monoisotopic (exact) mass is 440 g/mol. The van der Waals surface area contributed by atoms with E-state index in [0.717, 1.165) is 38.5 Å². The molecule has 31 heavy (non-hydrogen) atoms. The molecule has 0 heterocycles. The molecule has 4 heteroatoms. The Labute approximate surface area is 193 Å². The van der Waals surface area contributed by atoms with E-state index >= 15 is 0 Å². The van der Waals surface area contributed by atoms with E-state index < -0.39 is 0 Å². The molecule has 0 fully saturated rings. The van der Waals surface area contributed by atoms with Crippen molar-refractivity contribution in [3.05, 3.63) is 0 Å². The van der Waals surface area contributed by atoms with Gasteiger partial charge in [-0.1, -0.05) is 111 Å². The van der Waals surface area contributed by atoms with Crippen LogP contribution in [0.3, 0.4) is 0 Å². The van der Waals surface area contributed by atoms with Crippen molar-refractivity contribution < 1.29 is 19.1 Å². The van der Waals surface area contributed by atoms with E-state index in [0.29, 0.717) is 25.9 Å². The second kappa shape index (κ2) is 23.6. The Kier molecular flexibility index (Phi) is 22.8. The van der Waals surface area contributed by atoms with Gasteiger partial charge in [-0.25, -0.2) is 0 Å². The number of hydrogen-bond donors (Lipinski definition) is 0. The van der Waals surface area contributed by atoms with E-state index in [1.54, 1.807) is 0 Å². The third kappa shape index (κ3) is 21.9. The molecule has 0 aliphatic carbocycles. The summed E-state index contributed by atoms with van der Waals surface area (Å²) in [7, 11) is 0. The number of esters is 2. The van der Waals surface area contributed by atoms with Gasteiger partial charge >= 0.3 is 11.9 Å². The minimum atomic E-state index is -0.190. The Morgan fingerprint density at radius 2 is 1.06 bits per heavy atom. The Morgan fingerprint density at radius 3 is 1.58 bits per heavy atom. The highest BCUT2D eigenvalue weighted by Gasteiger charge is 2.13. The molecule has 4 nitrogen and oxygen atoms in total. The fraction of sp³-hybridized carbons (Fsp3) is 0.926. The molecule has 0 aromatic rings. The molecule has 184 valence electrons. The predicted octanol–water partition coefficient (Wildman–Crippen LogP) is 8.30. The van der Waals surface area contributed by atoms with Crippen molar-refractivity contribution in [2.45, 2.75) is 155 Å². The first-order valence-electron chi connectivity index (χ1n) is 13.5. The van der Waals surface area contributed by atoms with Crippen molar-refractivity contribution in [1.29, 1.82) is 0 Å². The molecule has 0 saturated carbocycles. The van der Waals surface area contributed by atoms with Crippen LogP contribution >= 0.6 is 0 Å². The van der Waals surface area contributed by atoms with Gasteiger partial charge in [0.05, 0.1) is 6.61 Å². The maximum Gasteiger partial charge on any atom is 0.306 e. The highest BCUT2D eigenvalue weighted by Crippen LogP contribution is 2.13. The molecular weight excluding hydrogens is 388 g/mol. The Balaban J connectivity index is 3.40. The van der Waals surface area contributed by atoms with Gasteiger partial charge in [0.15, 0.2) is 0 Å². The topological polar surface area (TPSA) is 52.6 Å². The second-order valence-corrected chi connectivity index (χ2v) is 8.98. The average molecular weight is 441 g/mol. The van der Waals surface area contributed by atoms with Crippen LogP contribution < -0.4 is 0 Å². The largest absolute Gasteiger partial charge is 0.466 e. The SMILES string of the molecule is CCCCCCCCCCCCCCCOC(=O)CCCC(=O)OC(CC)CCCC. The molecule has 1 unspecified atom stereocenters. The zero-order valence-electron chi connectivity index (χ0n) is 21.1. The average Bonchev–Trinajstić information content (AvgIpc) is 2.76. The summed E-state index contributed by atoms with van der Waals surface area (Å²) in [5, 5.41) is 0. The molecule has 0 aliphatic heterocycles. The van der Waals surface area contributed by atoms with Gasteiger partial charge in [0, 0.05) is 12.8 Å². The Bertz CT molecular complexity index is 408. The molecule has 0 aromatic heterocycles. The van der Waals surface area contributed by atoms with Crippen LogP contribution in [0.15, 0.2) is 0 Å². The molecule has 0 bridgehead atoms. The molecule has 0 radical (unpaired) electrons. The number of ether oxygens (including phenoxy) is 2. The second-order valence-electron chi connectivity index (χ2n) is 8.98. The zero-order chi connectivity index (χ0) is 23.0. The van der Waals surface area contributed by atoms with E-state index in [2.05, 4.69) is 13.8 Å². The van der Waals surface area contributed by atoms with Gasteiger partial charge in [-0.15, -0.1) is 0 Å². The highest BCUT2D eigenvalue weighted by molar-refractivity contribution is 5.72. The first-order chi connectivity index (χ1) is 15.1. The molecule has 0 amide bonds. The quantitative estimate of drug-likeness (QED) is 0.118. The highest BCUT2D eigenvalue weighted by atomic mass is 16.5. The van der Waals surface area contributed by atoms with Crippen molar-refractivity contribution in [3.8, 4) is 0 Å². The fourth-order valence-corrected chi connectivity index (χ4v) is 3.78. The Morgan fingerprint density at radius 1 is 0.581 bits per heavy atom. The first-order valence-corrected chi connectivity index (χ1v) is 13.5. The van der Waals surface area contributed by atoms with E-state index in [4.69, 9.17) is 9.47 Å². The lowest BCUT2D eigenvalue weighted by atomic mass is 10.0. The predicted molar refractivity (Wildman–Crippen MR) is 130 cm³/mol. The summed E-state index contributed by atoms with van der Waals surface area (Å²) in [6.07, 6.45) is 22.2. The zero-order valence-corrected chi connectivity index (χ0v) is 21.1. The third-order valence-corrected chi connectivity index (χ3v) is 5.91. The summed E-state index contributed by atoms with van der Waals surface area (Å²) < 4.78 is 10.8. The van der Waals surface area contributed by atoms with Gasteiger partial charge in [-0.2, -0.15) is 0 Å². The third-order valence-electron chi connectivity index (χ3n) is 5.91. The molecule has 0 aromatic carbocycles. The van der Waals surface area contributed by atoms with Gasteiger partial charge in [-0.3, -0.25) is 9.59 Å². The number of rotatable bonds is 23. The van der Waals surface area contributed by atoms with Gasteiger partial charge in [-0.05, 0) is 25.7 Å². The van der Waals surface area contributed by atoms with Crippen molar-refractivity contribution >= 4 is 11.9 Å². The summed E-state index contributed by atoms with van der Waals surface area (Å²) in [6.45, 7) is 6.96. The van der Waals surface area contributed by atoms with Gasteiger partial charge in [0.25, 0.3) is 0 Å². The van der Waals surface area contributed by atoms with Crippen LogP contribution in [0.4, 0.5) is 0 Å². The van der Waals surface area contributed by atoms with E-state index in [-0.39, 0.29) is 18.0 Å².